The molecule has 0 spiro atoms. The van der Waals surface area contributed by atoms with Crippen molar-refractivity contribution < 1.29 is 24.2 Å². The number of ether oxygens (including phenoxy) is 2. The van der Waals surface area contributed by atoms with Gasteiger partial charge in [-0.1, -0.05) is 69.9 Å². The molecule has 1 aliphatic carbocycles. The molecular weight excluding hydrogens is 777 g/mol. The lowest BCUT2D eigenvalue weighted by atomic mass is 9.55. The van der Waals surface area contributed by atoms with Crippen LogP contribution in [-0.4, -0.2) is 33.5 Å². The third-order valence-electron chi connectivity index (χ3n) is 14.8. The average molecular weight is 863 g/mol. The first kappa shape index (κ1) is 51.9. The van der Waals surface area contributed by atoms with Crippen LogP contribution in [0.15, 0.2) is 81.0 Å². The number of allylic oxidation sites excluding steroid dienone is 13. The standard InChI is InChI=1S/C58H86O5/c1-39(2)22-16-24-41(5)26-18-28-43(7)30-20-33-55(13,61)36-37-58-54(60)48(12)47(11)53(59)57(58,15)38-50-49-32-35-56(14,62-51(49)45(9)46(10)52(50)63-58)34-21-31-44(8)29-19-27-42(6)25-17-23-40(3)4/h22-23,26-27,30-31,61H,16-21,24-25,28-29,32-38H2,1-15H3/b41-26+,42-27+,43-30+,44-31+. The Hall–Kier alpha value is -3.70. The number of benzene rings is 1. The van der Waals surface area contributed by atoms with Crippen molar-refractivity contribution in [2.45, 2.75) is 230 Å². The molecule has 63 heavy (non-hydrogen) atoms. The minimum absolute atomic E-state index is 0.0326. The van der Waals surface area contributed by atoms with Gasteiger partial charge in [-0.15, -0.1) is 0 Å². The van der Waals surface area contributed by atoms with E-state index in [1.807, 2.05) is 13.8 Å². The largest absolute Gasteiger partial charge is 0.487 e. The summed E-state index contributed by atoms with van der Waals surface area (Å²) in [6, 6.07) is 0. The van der Waals surface area contributed by atoms with Crippen LogP contribution in [0.2, 0.25) is 0 Å². The van der Waals surface area contributed by atoms with Crippen LogP contribution in [0.25, 0.3) is 0 Å². The van der Waals surface area contributed by atoms with E-state index >= 15 is 0 Å². The van der Waals surface area contributed by atoms with Crippen molar-refractivity contribution in [3.05, 3.63) is 103 Å². The molecule has 0 radical (unpaired) electrons. The zero-order chi connectivity index (χ0) is 46.9. The average Bonchev–Trinajstić information content (AvgIpc) is 3.20. The summed E-state index contributed by atoms with van der Waals surface area (Å²) in [5.74, 6) is 1.48. The van der Waals surface area contributed by atoms with E-state index in [0.717, 1.165) is 117 Å². The number of ketones is 2. The van der Waals surface area contributed by atoms with Gasteiger partial charge in [0.05, 0.1) is 11.0 Å². The van der Waals surface area contributed by atoms with E-state index in [2.05, 4.69) is 113 Å². The molecule has 0 saturated carbocycles. The maximum Gasteiger partial charge on any atom is 0.203 e. The molecule has 4 rings (SSSR count). The molecule has 348 valence electrons. The van der Waals surface area contributed by atoms with Crippen LogP contribution < -0.4 is 9.47 Å². The highest BCUT2D eigenvalue weighted by molar-refractivity contribution is 6.18. The molecule has 2 aliphatic heterocycles. The molecule has 0 saturated heterocycles. The van der Waals surface area contributed by atoms with Crippen molar-refractivity contribution in [2.24, 2.45) is 5.41 Å². The quantitative estimate of drug-likeness (QED) is 0.125. The molecule has 0 amide bonds. The van der Waals surface area contributed by atoms with Gasteiger partial charge in [-0.25, -0.2) is 0 Å². The van der Waals surface area contributed by atoms with Crippen LogP contribution in [0, 0.1) is 19.3 Å². The molecule has 1 aromatic carbocycles. The Labute approximate surface area is 384 Å². The smallest absolute Gasteiger partial charge is 0.203 e. The van der Waals surface area contributed by atoms with E-state index in [0.29, 0.717) is 30.4 Å². The molecule has 2 heterocycles. The van der Waals surface area contributed by atoms with Gasteiger partial charge in [0, 0.05) is 16.7 Å². The number of fused-ring (bicyclic) bond motifs is 4. The zero-order valence-corrected chi connectivity index (χ0v) is 42.6. The van der Waals surface area contributed by atoms with Crippen molar-refractivity contribution in [3.63, 3.8) is 0 Å². The zero-order valence-electron chi connectivity index (χ0n) is 42.6. The molecular formula is C58H86O5. The van der Waals surface area contributed by atoms with E-state index in [1.54, 1.807) is 13.8 Å². The lowest BCUT2D eigenvalue weighted by Gasteiger charge is -2.54. The van der Waals surface area contributed by atoms with Crippen LogP contribution in [0.5, 0.6) is 11.5 Å². The Morgan fingerprint density at radius 2 is 1.03 bits per heavy atom. The molecule has 0 fully saturated rings. The fourth-order valence-corrected chi connectivity index (χ4v) is 10.0. The highest BCUT2D eigenvalue weighted by atomic mass is 16.5. The lowest BCUT2D eigenvalue weighted by Crippen LogP contribution is -2.66. The van der Waals surface area contributed by atoms with Crippen LogP contribution in [0.3, 0.4) is 0 Å². The van der Waals surface area contributed by atoms with Crippen LogP contribution in [0.4, 0.5) is 0 Å². The number of carbonyl (C=O) groups is 2. The van der Waals surface area contributed by atoms with Crippen molar-refractivity contribution in [3.8, 4) is 11.5 Å². The molecule has 1 N–H and O–H groups in total. The topological polar surface area (TPSA) is 72.8 Å². The molecule has 4 atom stereocenters. The Morgan fingerprint density at radius 1 is 0.587 bits per heavy atom. The van der Waals surface area contributed by atoms with Crippen molar-refractivity contribution in [2.75, 3.05) is 0 Å². The van der Waals surface area contributed by atoms with Gasteiger partial charge >= 0.3 is 0 Å². The summed E-state index contributed by atoms with van der Waals surface area (Å²) in [6.45, 7) is 31.3. The number of Topliss-reactive ketones (excluding diaryl/α,β-unsaturated/α-hetero) is 2. The SMILES string of the molecule is CC(C)=CCC/C(C)=C/CC/C(C)=C/CCC(C)(O)CCC12Oc3c(C)c(C)c4c(c3CC1(C)C(=O)C(C)=C(C)C2=O)CCC(C)(CC/C=C(\C)CC/C=C(\C)CCC=C(C)C)O4. The molecule has 3 aliphatic rings. The summed E-state index contributed by atoms with van der Waals surface area (Å²) in [4.78, 5) is 29.3. The number of carbonyl (C=O) groups excluding carboxylic acids is 2. The van der Waals surface area contributed by atoms with E-state index in [-0.39, 0.29) is 23.6 Å². The molecule has 1 aromatic rings. The first-order valence-corrected chi connectivity index (χ1v) is 24.4. The number of hydrogen-bond acceptors (Lipinski definition) is 5. The maximum absolute atomic E-state index is 14.7. The minimum atomic E-state index is -1.41. The van der Waals surface area contributed by atoms with Crippen molar-refractivity contribution in [1.82, 2.24) is 0 Å². The lowest BCUT2D eigenvalue weighted by molar-refractivity contribution is -0.161. The van der Waals surface area contributed by atoms with Gasteiger partial charge < -0.3 is 14.6 Å². The van der Waals surface area contributed by atoms with Gasteiger partial charge in [-0.2, -0.15) is 0 Å². The van der Waals surface area contributed by atoms with E-state index in [1.165, 1.54) is 33.4 Å². The summed E-state index contributed by atoms with van der Waals surface area (Å²) in [5, 5.41) is 11.8. The van der Waals surface area contributed by atoms with Crippen molar-refractivity contribution in [1.29, 1.82) is 0 Å². The van der Waals surface area contributed by atoms with E-state index in [9.17, 15) is 14.7 Å². The number of hydrogen-bond donors (Lipinski definition) is 1. The summed E-state index contributed by atoms with van der Waals surface area (Å²) in [7, 11) is 0. The summed E-state index contributed by atoms with van der Waals surface area (Å²) < 4.78 is 14.2. The number of aliphatic hydroxyl groups is 1. The monoisotopic (exact) mass is 863 g/mol. The number of rotatable bonds is 21. The van der Waals surface area contributed by atoms with Crippen LogP contribution in [0.1, 0.15) is 209 Å². The highest BCUT2D eigenvalue weighted by Crippen LogP contribution is 2.58. The first-order valence-electron chi connectivity index (χ1n) is 24.4. The van der Waals surface area contributed by atoms with Gasteiger partial charge in [0.1, 0.15) is 17.1 Å². The first-order chi connectivity index (χ1) is 29.5. The fourth-order valence-electron chi connectivity index (χ4n) is 10.0. The normalized spacial score (nSPS) is 23.9. The van der Waals surface area contributed by atoms with E-state index in [4.69, 9.17) is 9.47 Å². The summed E-state index contributed by atoms with van der Waals surface area (Å²) >= 11 is 0. The van der Waals surface area contributed by atoms with Gasteiger partial charge in [0.2, 0.25) is 5.78 Å². The Morgan fingerprint density at radius 3 is 1.54 bits per heavy atom. The molecule has 0 bridgehead atoms. The van der Waals surface area contributed by atoms with Gasteiger partial charge in [-0.3, -0.25) is 9.59 Å². The van der Waals surface area contributed by atoms with Gasteiger partial charge in [-0.05, 0) is 230 Å². The summed E-state index contributed by atoms with van der Waals surface area (Å²) in [5.41, 5.74) is 9.62. The second-order valence-corrected chi connectivity index (χ2v) is 21.3. The van der Waals surface area contributed by atoms with Gasteiger partial charge in [0.15, 0.2) is 11.4 Å². The maximum atomic E-state index is 14.7. The second-order valence-electron chi connectivity index (χ2n) is 21.3. The Bertz CT molecular complexity index is 2070. The predicted octanol–water partition coefficient (Wildman–Crippen LogP) is 15.5. The van der Waals surface area contributed by atoms with Gasteiger partial charge in [0.25, 0.3) is 0 Å². The van der Waals surface area contributed by atoms with Crippen LogP contribution in [-0.2, 0) is 22.4 Å². The third kappa shape index (κ3) is 13.0. The summed E-state index contributed by atoms with van der Waals surface area (Å²) in [6.07, 6.45) is 28.5. The van der Waals surface area contributed by atoms with Crippen LogP contribution >= 0.6 is 0 Å². The van der Waals surface area contributed by atoms with E-state index < -0.39 is 16.6 Å². The molecule has 5 nitrogen and oxygen atoms in total. The fraction of sp³-hybridized carbons (Fsp3) is 0.621. The van der Waals surface area contributed by atoms with Crippen molar-refractivity contribution >= 4 is 11.6 Å². The molecule has 4 unspecified atom stereocenters. The third-order valence-corrected chi connectivity index (χ3v) is 14.8. The Balaban J connectivity index is 1.49. The minimum Gasteiger partial charge on any atom is -0.487 e. The molecule has 0 aromatic heterocycles. The molecule has 5 heteroatoms. The predicted molar refractivity (Wildman–Crippen MR) is 266 cm³/mol. The second kappa shape index (κ2) is 22.0. The Kier molecular flexibility index (Phi) is 18.1. The highest BCUT2D eigenvalue weighted by Gasteiger charge is 2.65.